The highest BCUT2D eigenvalue weighted by atomic mass is 16.2. The summed E-state index contributed by atoms with van der Waals surface area (Å²) in [5.41, 5.74) is 0. The van der Waals surface area contributed by atoms with E-state index in [0.29, 0.717) is 25.9 Å². The Morgan fingerprint density at radius 1 is 0.460 bits per heavy atom. The molecular weight excluding hydrogens is 620 g/mol. The number of hydrogen-bond acceptors (Lipinski definition) is 4. The summed E-state index contributed by atoms with van der Waals surface area (Å²) >= 11 is 0. The SMILES string of the molecule is CCCCCCCCC1C(CCCCCC)CC(CCCCCCCCN2C(=O)C=CC2=O)CC1CCCCCCCCN1C(=O)CCC1=O. The Kier molecular flexibility index (Phi) is 22.0. The molecule has 286 valence electrons. The van der Waals surface area contributed by atoms with Crippen LogP contribution >= 0.6 is 0 Å². The van der Waals surface area contributed by atoms with Gasteiger partial charge in [0.25, 0.3) is 11.8 Å². The van der Waals surface area contributed by atoms with Crippen molar-refractivity contribution in [1.29, 1.82) is 0 Å². The molecule has 2 heterocycles. The summed E-state index contributed by atoms with van der Waals surface area (Å²) < 4.78 is 0. The largest absolute Gasteiger partial charge is 0.283 e. The first kappa shape index (κ1) is 42.4. The van der Waals surface area contributed by atoms with Crippen LogP contribution in [0.4, 0.5) is 0 Å². The topological polar surface area (TPSA) is 74.8 Å². The van der Waals surface area contributed by atoms with Gasteiger partial charge in [-0.3, -0.25) is 29.0 Å². The van der Waals surface area contributed by atoms with Crippen LogP contribution in [-0.2, 0) is 19.2 Å². The zero-order valence-electron chi connectivity index (χ0n) is 32.6. The van der Waals surface area contributed by atoms with Gasteiger partial charge in [-0.1, -0.05) is 162 Å². The second-order valence-corrected chi connectivity index (χ2v) is 16.3. The number of carbonyl (C=O) groups is 4. The zero-order chi connectivity index (χ0) is 35.8. The van der Waals surface area contributed by atoms with E-state index in [2.05, 4.69) is 13.8 Å². The maximum absolute atomic E-state index is 11.9. The Balaban J connectivity index is 1.42. The van der Waals surface area contributed by atoms with Crippen LogP contribution in [-0.4, -0.2) is 46.5 Å². The molecule has 6 nitrogen and oxygen atoms in total. The number of amides is 4. The Hall–Kier alpha value is -1.98. The summed E-state index contributed by atoms with van der Waals surface area (Å²) in [4.78, 5) is 50.2. The molecule has 0 aromatic heterocycles. The lowest BCUT2D eigenvalue weighted by atomic mass is 9.62. The van der Waals surface area contributed by atoms with E-state index in [1.54, 1.807) is 0 Å². The van der Waals surface area contributed by atoms with Crippen molar-refractivity contribution >= 4 is 23.6 Å². The van der Waals surface area contributed by atoms with Crippen LogP contribution in [0.1, 0.15) is 206 Å². The lowest BCUT2D eigenvalue weighted by molar-refractivity contribution is -0.139. The molecule has 4 amide bonds. The first-order valence-electron chi connectivity index (χ1n) is 21.8. The number of rotatable bonds is 30. The van der Waals surface area contributed by atoms with Gasteiger partial charge in [0, 0.05) is 38.1 Å². The van der Waals surface area contributed by atoms with Crippen LogP contribution in [0, 0.1) is 23.7 Å². The van der Waals surface area contributed by atoms with Gasteiger partial charge in [-0.25, -0.2) is 0 Å². The van der Waals surface area contributed by atoms with E-state index >= 15 is 0 Å². The van der Waals surface area contributed by atoms with E-state index < -0.39 is 0 Å². The minimum absolute atomic E-state index is 0.0284. The van der Waals surface area contributed by atoms with Crippen molar-refractivity contribution in [3.05, 3.63) is 12.2 Å². The molecular formula is C44H76N2O4. The highest BCUT2D eigenvalue weighted by Crippen LogP contribution is 2.47. The molecule has 0 aromatic carbocycles. The molecule has 0 N–H and O–H groups in total. The average molecular weight is 697 g/mol. The molecule has 0 spiro atoms. The molecule has 6 heteroatoms. The van der Waals surface area contributed by atoms with Crippen molar-refractivity contribution in [3.63, 3.8) is 0 Å². The monoisotopic (exact) mass is 697 g/mol. The van der Waals surface area contributed by atoms with Crippen LogP contribution in [0.5, 0.6) is 0 Å². The lowest BCUT2D eigenvalue weighted by Gasteiger charge is -2.43. The van der Waals surface area contributed by atoms with Gasteiger partial charge in [-0.15, -0.1) is 0 Å². The van der Waals surface area contributed by atoms with Gasteiger partial charge in [0.05, 0.1) is 0 Å². The second-order valence-electron chi connectivity index (χ2n) is 16.3. The summed E-state index contributed by atoms with van der Waals surface area (Å²) in [6.07, 6.45) is 40.6. The molecule has 50 heavy (non-hydrogen) atoms. The minimum atomic E-state index is -0.152. The third kappa shape index (κ3) is 16.1. The number of likely N-dealkylation sites (tertiary alicyclic amines) is 1. The zero-order valence-corrected chi connectivity index (χ0v) is 32.6. The maximum atomic E-state index is 11.9. The van der Waals surface area contributed by atoms with Gasteiger partial charge in [0.2, 0.25) is 11.8 Å². The molecule has 0 bridgehead atoms. The molecule has 2 aliphatic heterocycles. The van der Waals surface area contributed by atoms with Gasteiger partial charge in [0.15, 0.2) is 0 Å². The smallest absolute Gasteiger partial charge is 0.253 e. The second kappa shape index (κ2) is 25.9. The van der Waals surface area contributed by atoms with Crippen molar-refractivity contribution < 1.29 is 19.2 Å². The van der Waals surface area contributed by atoms with E-state index in [4.69, 9.17) is 0 Å². The van der Waals surface area contributed by atoms with E-state index in [1.165, 1.54) is 176 Å². The normalized spacial score (nSPS) is 22.5. The van der Waals surface area contributed by atoms with Gasteiger partial charge in [0.1, 0.15) is 0 Å². The molecule has 0 aromatic rings. The lowest BCUT2D eigenvalue weighted by Crippen LogP contribution is -2.33. The van der Waals surface area contributed by atoms with Crippen LogP contribution < -0.4 is 0 Å². The van der Waals surface area contributed by atoms with Crippen LogP contribution in [0.25, 0.3) is 0 Å². The Labute approximate surface area is 307 Å². The molecule has 3 rings (SSSR count). The summed E-state index contributed by atoms with van der Waals surface area (Å²) in [5, 5.41) is 0. The number of carbonyl (C=O) groups excluding carboxylic acids is 4. The van der Waals surface area contributed by atoms with Crippen molar-refractivity contribution in [2.75, 3.05) is 13.1 Å². The fraction of sp³-hybridized carbons (Fsp3) is 0.864. The van der Waals surface area contributed by atoms with Gasteiger partial charge >= 0.3 is 0 Å². The number of nitrogens with zero attached hydrogens (tertiary/aromatic N) is 2. The molecule has 0 radical (unpaired) electrons. The average Bonchev–Trinajstić information content (AvgIpc) is 3.61. The van der Waals surface area contributed by atoms with Crippen molar-refractivity contribution in [3.8, 4) is 0 Å². The Morgan fingerprint density at radius 3 is 1.34 bits per heavy atom. The predicted molar refractivity (Wildman–Crippen MR) is 206 cm³/mol. The van der Waals surface area contributed by atoms with E-state index in [0.717, 1.165) is 49.4 Å². The van der Waals surface area contributed by atoms with E-state index in [1.807, 2.05) is 0 Å². The van der Waals surface area contributed by atoms with Crippen LogP contribution in [0.3, 0.4) is 0 Å². The number of hydrogen-bond donors (Lipinski definition) is 0. The van der Waals surface area contributed by atoms with Crippen molar-refractivity contribution in [2.45, 2.75) is 206 Å². The van der Waals surface area contributed by atoms with E-state index in [9.17, 15) is 19.2 Å². The maximum Gasteiger partial charge on any atom is 0.253 e. The van der Waals surface area contributed by atoms with E-state index in [-0.39, 0.29) is 23.6 Å². The third-order valence-corrected chi connectivity index (χ3v) is 12.3. The minimum Gasteiger partial charge on any atom is -0.283 e. The summed E-state index contributed by atoms with van der Waals surface area (Å²) in [7, 11) is 0. The van der Waals surface area contributed by atoms with Gasteiger partial charge in [-0.2, -0.15) is 0 Å². The highest BCUT2D eigenvalue weighted by molar-refractivity contribution is 6.12. The van der Waals surface area contributed by atoms with Crippen molar-refractivity contribution in [1.82, 2.24) is 9.80 Å². The molecule has 1 saturated carbocycles. The van der Waals surface area contributed by atoms with Gasteiger partial charge in [-0.05, 0) is 55.8 Å². The molecule has 1 aliphatic carbocycles. The van der Waals surface area contributed by atoms with Crippen molar-refractivity contribution in [2.24, 2.45) is 23.7 Å². The quantitative estimate of drug-likeness (QED) is 0.0553. The summed E-state index contributed by atoms with van der Waals surface area (Å²) in [5.74, 6) is 3.40. The van der Waals surface area contributed by atoms with Crippen LogP contribution in [0.15, 0.2) is 12.2 Å². The molecule has 1 saturated heterocycles. The fourth-order valence-corrected chi connectivity index (χ4v) is 9.37. The molecule has 4 atom stereocenters. The first-order valence-corrected chi connectivity index (χ1v) is 21.8. The fourth-order valence-electron chi connectivity index (χ4n) is 9.37. The standard InChI is InChI=1S/C44H76N2O4/c1-3-5-7-9-16-22-28-40-38(26-20-8-6-4-2)35-37(25-19-14-10-12-17-23-33-45-41(47)29-30-42(45)48)36-39(40)27-21-15-11-13-18-24-34-46-43(49)31-32-44(46)50/h29-30,37-40H,3-28,31-36H2,1-2H3. The Bertz CT molecular complexity index is 974. The molecule has 2 fully saturated rings. The van der Waals surface area contributed by atoms with Crippen LogP contribution in [0.2, 0.25) is 0 Å². The molecule has 3 aliphatic rings. The Morgan fingerprint density at radius 2 is 0.840 bits per heavy atom. The predicted octanol–water partition coefficient (Wildman–Crippen LogP) is 11.5. The summed E-state index contributed by atoms with van der Waals surface area (Å²) in [6, 6.07) is 0. The highest BCUT2D eigenvalue weighted by Gasteiger charge is 2.36. The summed E-state index contributed by atoms with van der Waals surface area (Å²) in [6.45, 7) is 5.84. The van der Waals surface area contributed by atoms with Gasteiger partial charge < -0.3 is 0 Å². The first-order chi connectivity index (χ1) is 24.4. The third-order valence-electron chi connectivity index (χ3n) is 12.3. The number of imide groups is 2. The molecule has 4 unspecified atom stereocenters. The number of unbranched alkanes of at least 4 members (excludes halogenated alkanes) is 18.